The first-order chi connectivity index (χ1) is 14.4. The number of amides is 1. The summed E-state index contributed by atoms with van der Waals surface area (Å²) >= 11 is 0. The molecule has 0 heterocycles. The van der Waals surface area contributed by atoms with Gasteiger partial charge in [-0.15, -0.1) is 0 Å². The van der Waals surface area contributed by atoms with Crippen molar-refractivity contribution >= 4 is 23.3 Å². The fraction of sp³-hybridized carbons (Fsp3) is 0.300. The zero-order valence-corrected chi connectivity index (χ0v) is 16.8. The van der Waals surface area contributed by atoms with Crippen LogP contribution in [0.4, 0.5) is 11.4 Å². The molecule has 0 fully saturated rings. The number of carbonyl (C=O) groups excluding carboxylic acids is 2. The number of benzene rings is 2. The van der Waals surface area contributed by atoms with Crippen molar-refractivity contribution in [3.8, 4) is 17.2 Å². The molecule has 0 aliphatic carbocycles. The summed E-state index contributed by atoms with van der Waals surface area (Å²) in [5.74, 6) is -0.444. The maximum atomic E-state index is 12.3. The van der Waals surface area contributed by atoms with Crippen LogP contribution in [0.3, 0.4) is 0 Å². The maximum Gasteiger partial charge on any atom is 0.338 e. The third kappa shape index (κ3) is 5.84. The van der Waals surface area contributed by atoms with Crippen molar-refractivity contribution in [2.75, 3.05) is 32.2 Å². The first-order valence-electron chi connectivity index (χ1n) is 9.08. The minimum Gasteiger partial charge on any atom is -0.494 e. The molecule has 2 rings (SSSR count). The molecular formula is C20H22N2O8. The number of ether oxygens (including phenoxy) is 4. The van der Waals surface area contributed by atoms with Crippen LogP contribution in [0.1, 0.15) is 24.2 Å². The summed E-state index contributed by atoms with van der Waals surface area (Å²) in [6.45, 7) is 3.99. The van der Waals surface area contributed by atoms with Gasteiger partial charge in [0.15, 0.2) is 12.4 Å². The number of esters is 1. The van der Waals surface area contributed by atoms with Gasteiger partial charge in [0.25, 0.3) is 5.91 Å². The van der Waals surface area contributed by atoms with Crippen LogP contribution in [0.2, 0.25) is 0 Å². The number of nitrogens with one attached hydrogen (secondary N) is 1. The molecule has 10 heteroatoms. The largest absolute Gasteiger partial charge is 0.494 e. The Morgan fingerprint density at radius 1 is 1.00 bits per heavy atom. The number of hydrogen-bond donors (Lipinski definition) is 1. The van der Waals surface area contributed by atoms with Crippen LogP contribution in [0.25, 0.3) is 0 Å². The summed E-state index contributed by atoms with van der Waals surface area (Å²) in [5, 5.41) is 13.9. The zero-order chi connectivity index (χ0) is 22.1. The third-order valence-electron chi connectivity index (χ3n) is 3.77. The van der Waals surface area contributed by atoms with E-state index >= 15 is 0 Å². The molecule has 0 aromatic heterocycles. The van der Waals surface area contributed by atoms with Crippen LogP contribution in [0.5, 0.6) is 17.2 Å². The monoisotopic (exact) mass is 418 g/mol. The lowest BCUT2D eigenvalue weighted by molar-refractivity contribution is -0.385. The van der Waals surface area contributed by atoms with Crippen LogP contribution in [-0.2, 0) is 9.53 Å². The van der Waals surface area contributed by atoms with Gasteiger partial charge in [-0.1, -0.05) is 0 Å². The summed E-state index contributed by atoms with van der Waals surface area (Å²) in [6, 6.07) is 8.57. The molecule has 0 aliphatic rings. The third-order valence-corrected chi connectivity index (χ3v) is 3.77. The molecule has 1 amide bonds. The minimum absolute atomic E-state index is 0.00454. The van der Waals surface area contributed by atoms with Crippen molar-refractivity contribution in [2.24, 2.45) is 0 Å². The fourth-order valence-electron chi connectivity index (χ4n) is 2.50. The van der Waals surface area contributed by atoms with Crippen LogP contribution in [0, 0.1) is 10.1 Å². The smallest absolute Gasteiger partial charge is 0.338 e. The van der Waals surface area contributed by atoms with Gasteiger partial charge >= 0.3 is 11.7 Å². The normalized spacial score (nSPS) is 10.1. The zero-order valence-electron chi connectivity index (χ0n) is 16.8. The average molecular weight is 418 g/mol. The second-order valence-corrected chi connectivity index (χ2v) is 5.79. The molecule has 2 aromatic carbocycles. The van der Waals surface area contributed by atoms with Crippen LogP contribution >= 0.6 is 0 Å². The standard InChI is InChI=1S/C20H22N2O8/c1-4-28-14-7-9-17(29-5-2)15(11-14)21-19(23)12-30-18-8-6-13(20(24)27-3)10-16(18)22(25)26/h6-11H,4-5,12H2,1-3H3,(H,21,23). The van der Waals surface area contributed by atoms with Crippen molar-refractivity contribution in [1.29, 1.82) is 0 Å². The highest BCUT2D eigenvalue weighted by Crippen LogP contribution is 2.30. The molecule has 1 N–H and O–H groups in total. The van der Waals surface area contributed by atoms with E-state index in [-0.39, 0.29) is 11.3 Å². The molecule has 2 aromatic rings. The number of carbonyl (C=O) groups is 2. The van der Waals surface area contributed by atoms with Crippen LogP contribution in [-0.4, -0.2) is 43.7 Å². The minimum atomic E-state index is -0.722. The van der Waals surface area contributed by atoms with E-state index in [2.05, 4.69) is 10.1 Å². The van der Waals surface area contributed by atoms with Crippen molar-refractivity contribution in [3.63, 3.8) is 0 Å². The van der Waals surface area contributed by atoms with Crippen LogP contribution in [0.15, 0.2) is 36.4 Å². The van der Waals surface area contributed by atoms with E-state index in [9.17, 15) is 19.7 Å². The Kier molecular flexibility index (Phi) is 7.98. The topological polar surface area (TPSA) is 126 Å². The van der Waals surface area contributed by atoms with Crippen molar-refractivity contribution in [3.05, 3.63) is 52.1 Å². The highest BCUT2D eigenvalue weighted by atomic mass is 16.6. The van der Waals surface area contributed by atoms with Crippen molar-refractivity contribution in [2.45, 2.75) is 13.8 Å². The second kappa shape index (κ2) is 10.6. The highest BCUT2D eigenvalue weighted by molar-refractivity contribution is 5.94. The Labute approximate surface area is 172 Å². The van der Waals surface area contributed by atoms with Gasteiger partial charge in [0.05, 0.1) is 36.5 Å². The van der Waals surface area contributed by atoms with Gasteiger partial charge in [-0.25, -0.2) is 4.79 Å². The van der Waals surface area contributed by atoms with E-state index in [0.29, 0.717) is 30.4 Å². The average Bonchev–Trinajstić information content (AvgIpc) is 2.73. The predicted molar refractivity (Wildman–Crippen MR) is 107 cm³/mol. The lowest BCUT2D eigenvalue weighted by Crippen LogP contribution is -2.21. The van der Waals surface area contributed by atoms with Gasteiger partial charge in [0, 0.05) is 12.1 Å². The van der Waals surface area contributed by atoms with E-state index in [1.54, 1.807) is 18.2 Å². The lowest BCUT2D eigenvalue weighted by Gasteiger charge is -2.14. The number of rotatable bonds is 10. The molecular weight excluding hydrogens is 396 g/mol. The fourth-order valence-corrected chi connectivity index (χ4v) is 2.50. The summed E-state index contributed by atoms with van der Waals surface area (Å²) < 4.78 is 20.8. The second-order valence-electron chi connectivity index (χ2n) is 5.79. The summed E-state index contributed by atoms with van der Waals surface area (Å²) in [4.78, 5) is 34.5. The molecule has 0 saturated heterocycles. The van der Waals surface area contributed by atoms with Crippen LogP contribution < -0.4 is 19.5 Å². The SMILES string of the molecule is CCOc1ccc(OCC)c(NC(=O)COc2ccc(C(=O)OC)cc2[N+](=O)[O-])c1. The lowest BCUT2D eigenvalue weighted by atomic mass is 10.2. The van der Waals surface area contributed by atoms with E-state index in [0.717, 1.165) is 6.07 Å². The molecule has 30 heavy (non-hydrogen) atoms. The van der Waals surface area contributed by atoms with E-state index in [1.807, 2.05) is 13.8 Å². The first kappa shape index (κ1) is 22.5. The Hall–Kier alpha value is -3.82. The predicted octanol–water partition coefficient (Wildman–Crippen LogP) is 3.20. The van der Waals surface area contributed by atoms with Gasteiger partial charge in [0.1, 0.15) is 11.5 Å². The first-order valence-corrected chi connectivity index (χ1v) is 9.08. The molecule has 0 saturated carbocycles. The Morgan fingerprint density at radius 2 is 1.70 bits per heavy atom. The van der Waals surface area contributed by atoms with Gasteiger partial charge < -0.3 is 24.3 Å². The molecule has 0 bridgehead atoms. The van der Waals surface area contributed by atoms with Crippen molar-refractivity contribution < 1.29 is 33.5 Å². The van der Waals surface area contributed by atoms with E-state index < -0.39 is 29.1 Å². The van der Waals surface area contributed by atoms with Gasteiger partial charge in [-0.3, -0.25) is 14.9 Å². The van der Waals surface area contributed by atoms with Gasteiger partial charge in [0.2, 0.25) is 0 Å². The van der Waals surface area contributed by atoms with Gasteiger partial charge in [-0.05, 0) is 38.1 Å². The molecule has 0 spiro atoms. The number of nitrogens with zero attached hydrogens (tertiary/aromatic N) is 1. The molecule has 0 atom stereocenters. The van der Waals surface area contributed by atoms with E-state index in [1.165, 1.54) is 19.2 Å². The quantitative estimate of drug-likeness (QED) is 0.354. The Morgan fingerprint density at radius 3 is 2.33 bits per heavy atom. The number of nitro benzene ring substituents is 1. The number of anilines is 1. The molecule has 10 nitrogen and oxygen atoms in total. The summed E-state index contributed by atoms with van der Waals surface area (Å²) in [6.07, 6.45) is 0. The summed E-state index contributed by atoms with van der Waals surface area (Å²) in [7, 11) is 1.17. The number of hydrogen-bond acceptors (Lipinski definition) is 8. The molecule has 0 aliphatic heterocycles. The van der Waals surface area contributed by atoms with Crippen molar-refractivity contribution in [1.82, 2.24) is 0 Å². The highest BCUT2D eigenvalue weighted by Gasteiger charge is 2.20. The molecule has 160 valence electrons. The Balaban J connectivity index is 2.13. The van der Waals surface area contributed by atoms with E-state index in [4.69, 9.17) is 14.2 Å². The molecule has 0 unspecified atom stereocenters. The Bertz CT molecular complexity index is 929. The van der Waals surface area contributed by atoms with Gasteiger partial charge in [-0.2, -0.15) is 0 Å². The number of methoxy groups -OCH3 is 1. The maximum absolute atomic E-state index is 12.3. The number of nitro groups is 1. The summed E-state index contributed by atoms with van der Waals surface area (Å²) in [5.41, 5.74) is -0.0823. The molecule has 0 radical (unpaired) electrons.